The molecule has 1 aliphatic heterocycles. The average molecular weight is 365 g/mol. The molecule has 3 heterocycles. The second-order valence-corrected chi connectivity index (χ2v) is 6.24. The van der Waals surface area contributed by atoms with Crippen molar-refractivity contribution in [3.05, 3.63) is 53.7 Å². The maximum Gasteiger partial charge on any atom is 0.263 e. The van der Waals surface area contributed by atoms with Gasteiger partial charge in [0.1, 0.15) is 11.3 Å². The smallest absolute Gasteiger partial charge is 0.263 e. The standard InChI is InChI=1S/C19H15N3O3S/c1-2-22-12(8-13-17(23)20-19(26)21-18(13)24)9-16-14(22)10-15(25-16)11-6-4-3-5-7-11/h3-10H,2H2,1H3,(H2,20,21,23,24,26). The molecule has 0 atom stereocenters. The van der Waals surface area contributed by atoms with Gasteiger partial charge in [-0.3, -0.25) is 20.2 Å². The van der Waals surface area contributed by atoms with Crippen LogP contribution in [-0.2, 0) is 16.1 Å². The van der Waals surface area contributed by atoms with E-state index in [0.29, 0.717) is 17.8 Å². The number of hydrogen-bond acceptors (Lipinski definition) is 4. The third-order valence-electron chi connectivity index (χ3n) is 4.23. The Morgan fingerprint density at radius 2 is 1.81 bits per heavy atom. The first-order chi connectivity index (χ1) is 12.6. The van der Waals surface area contributed by atoms with Crippen LogP contribution in [0.1, 0.15) is 12.6 Å². The first-order valence-corrected chi connectivity index (χ1v) is 8.54. The summed E-state index contributed by atoms with van der Waals surface area (Å²) in [6.45, 7) is 2.66. The van der Waals surface area contributed by atoms with E-state index in [1.54, 1.807) is 6.08 Å². The molecular formula is C19H15N3O3S. The molecule has 0 spiro atoms. The number of aromatic nitrogens is 1. The molecule has 1 aromatic carbocycles. The van der Waals surface area contributed by atoms with E-state index in [1.807, 2.05) is 54.0 Å². The van der Waals surface area contributed by atoms with Crippen LogP contribution in [0.2, 0.25) is 0 Å². The lowest BCUT2D eigenvalue weighted by molar-refractivity contribution is -0.123. The number of nitrogens with one attached hydrogen (secondary N) is 2. The van der Waals surface area contributed by atoms with Crippen molar-refractivity contribution in [2.45, 2.75) is 13.5 Å². The van der Waals surface area contributed by atoms with Crippen LogP contribution in [-0.4, -0.2) is 21.5 Å². The minimum atomic E-state index is -0.510. The van der Waals surface area contributed by atoms with Gasteiger partial charge in [-0.25, -0.2) is 0 Å². The molecule has 4 rings (SSSR count). The summed E-state index contributed by atoms with van der Waals surface area (Å²) < 4.78 is 7.96. The van der Waals surface area contributed by atoms with E-state index in [0.717, 1.165) is 16.8 Å². The van der Waals surface area contributed by atoms with E-state index in [4.69, 9.17) is 16.6 Å². The summed E-state index contributed by atoms with van der Waals surface area (Å²) in [5.74, 6) is -0.246. The Morgan fingerprint density at radius 3 is 2.46 bits per heavy atom. The van der Waals surface area contributed by atoms with Crippen molar-refractivity contribution in [3.63, 3.8) is 0 Å². The van der Waals surface area contributed by atoms with E-state index < -0.39 is 11.8 Å². The van der Waals surface area contributed by atoms with Crippen LogP contribution < -0.4 is 10.6 Å². The molecule has 0 unspecified atom stereocenters. The van der Waals surface area contributed by atoms with Gasteiger partial charge in [-0.15, -0.1) is 0 Å². The van der Waals surface area contributed by atoms with Gasteiger partial charge in [0, 0.05) is 29.9 Å². The molecule has 2 amide bonds. The Morgan fingerprint density at radius 1 is 1.12 bits per heavy atom. The molecule has 2 aromatic heterocycles. The number of fused-ring (bicyclic) bond motifs is 1. The summed E-state index contributed by atoms with van der Waals surface area (Å²) in [5.41, 5.74) is 3.33. The highest BCUT2D eigenvalue weighted by Crippen LogP contribution is 2.31. The highest BCUT2D eigenvalue weighted by molar-refractivity contribution is 7.80. The lowest BCUT2D eigenvalue weighted by Crippen LogP contribution is -2.51. The number of hydrogen-bond donors (Lipinski definition) is 2. The van der Waals surface area contributed by atoms with E-state index >= 15 is 0 Å². The largest absolute Gasteiger partial charge is 0.454 e. The number of thiocarbonyl (C=S) groups is 1. The van der Waals surface area contributed by atoms with E-state index in [-0.39, 0.29) is 10.7 Å². The first kappa shape index (κ1) is 16.3. The van der Waals surface area contributed by atoms with Gasteiger partial charge in [0.2, 0.25) is 0 Å². The zero-order valence-corrected chi connectivity index (χ0v) is 14.7. The molecule has 1 aliphatic rings. The van der Waals surface area contributed by atoms with Gasteiger partial charge in [0.15, 0.2) is 10.7 Å². The fourth-order valence-corrected chi connectivity index (χ4v) is 3.22. The first-order valence-electron chi connectivity index (χ1n) is 8.13. The van der Waals surface area contributed by atoms with Crippen LogP contribution in [0.5, 0.6) is 0 Å². The topological polar surface area (TPSA) is 76.3 Å². The zero-order valence-electron chi connectivity index (χ0n) is 13.9. The molecule has 0 radical (unpaired) electrons. The van der Waals surface area contributed by atoms with Gasteiger partial charge in [0.05, 0.1) is 5.52 Å². The summed E-state index contributed by atoms with van der Waals surface area (Å²) in [6, 6.07) is 13.6. The van der Waals surface area contributed by atoms with Crippen molar-refractivity contribution < 1.29 is 14.0 Å². The predicted molar refractivity (Wildman–Crippen MR) is 102 cm³/mol. The molecule has 3 aromatic rings. The van der Waals surface area contributed by atoms with Crippen molar-refractivity contribution >= 4 is 46.3 Å². The molecule has 6 nitrogen and oxygen atoms in total. The summed E-state index contributed by atoms with van der Waals surface area (Å²) >= 11 is 4.81. The Balaban J connectivity index is 1.78. The molecule has 2 N–H and O–H groups in total. The minimum Gasteiger partial charge on any atom is -0.454 e. The molecule has 0 saturated carbocycles. The summed E-state index contributed by atoms with van der Waals surface area (Å²) in [7, 11) is 0. The number of aryl methyl sites for hydroxylation is 1. The van der Waals surface area contributed by atoms with Gasteiger partial charge >= 0.3 is 0 Å². The Hall–Kier alpha value is -3.19. The number of rotatable bonds is 3. The molecule has 0 bridgehead atoms. The maximum atomic E-state index is 12.1. The molecule has 0 aliphatic carbocycles. The van der Waals surface area contributed by atoms with Crippen molar-refractivity contribution in [2.75, 3.05) is 0 Å². The maximum absolute atomic E-state index is 12.1. The van der Waals surface area contributed by atoms with Crippen LogP contribution >= 0.6 is 12.2 Å². The highest BCUT2D eigenvalue weighted by atomic mass is 32.1. The van der Waals surface area contributed by atoms with Gasteiger partial charge < -0.3 is 8.98 Å². The zero-order chi connectivity index (χ0) is 18.3. The lowest BCUT2D eigenvalue weighted by Gasteiger charge is -2.16. The quantitative estimate of drug-likeness (QED) is 0.425. The van der Waals surface area contributed by atoms with Crippen LogP contribution in [0, 0.1) is 0 Å². The summed E-state index contributed by atoms with van der Waals surface area (Å²) in [4.78, 5) is 24.1. The van der Waals surface area contributed by atoms with Crippen molar-refractivity contribution in [3.8, 4) is 11.3 Å². The van der Waals surface area contributed by atoms with E-state index in [9.17, 15) is 9.59 Å². The predicted octanol–water partition coefficient (Wildman–Crippen LogP) is 2.84. The van der Waals surface area contributed by atoms with Gasteiger partial charge in [-0.05, 0) is 25.2 Å². The number of carbonyl (C=O) groups is 2. The Kier molecular flexibility index (Phi) is 3.93. The monoisotopic (exact) mass is 365 g/mol. The van der Waals surface area contributed by atoms with Gasteiger partial charge in [-0.1, -0.05) is 30.3 Å². The van der Waals surface area contributed by atoms with Crippen molar-refractivity contribution in [1.29, 1.82) is 0 Å². The fraction of sp³-hybridized carbons (Fsp3) is 0.105. The normalized spacial score (nSPS) is 14.5. The van der Waals surface area contributed by atoms with E-state index in [2.05, 4.69) is 10.6 Å². The fourth-order valence-electron chi connectivity index (χ4n) is 3.03. The third-order valence-corrected chi connectivity index (χ3v) is 4.44. The highest BCUT2D eigenvalue weighted by Gasteiger charge is 2.26. The molecule has 7 heteroatoms. The SMILES string of the molecule is CCn1c(C=C2C(=O)NC(=S)NC2=O)cc2oc(-c3ccccc3)cc21. The second kappa shape index (κ2) is 6.27. The lowest BCUT2D eigenvalue weighted by atomic mass is 10.1. The summed E-state index contributed by atoms with van der Waals surface area (Å²) in [6.07, 6.45) is 1.55. The second-order valence-electron chi connectivity index (χ2n) is 5.84. The Labute approximate surface area is 154 Å². The number of carbonyl (C=O) groups excluding carboxylic acids is 2. The summed E-state index contributed by atoms with van der Waals surface area (Å²) in [5, 5.41) is 4.89. The van der Waals surface area contributed by atoms with Crippen LogP contribution in [0.3, 0.4) is 0 Å². The molecule has 1 saturated heterocycles. The minimum absolute atomic E-state index is 0.0109. The number of furan rings is 1. The van der Waals surface area contributed by atoms with Crippen LogP contribution in [0.25, 0.3) is 28.5 Å². The van der Waals surface area contributed by atoms with E-state index in [1.165, 1.54) is 0 Å². The third kappa shape index (κ3) is 2.72. The van der Waals surface area contributed by atoms with Crippen LogP contribution in [0.4, 0.5) is 0 Å². The molecular weight excluding hydrogens is 350 g/mol. The van der Waals surface area contributed by atoms with Crippen molar-refractivity contribution in [1.82, 2.24) is 15.2 Å². The molecule has 130 valence electrons. The van der Waals surface area contributed by atoms with Gasteiger partial charge in [-0.2, -0.15) is 0 Å². The number of amides is 2. The van der Waals surface area contributed by atoms with Crippen LogP contribution in [0.15, 0.2) is 52.5 Å². The van der Waals surface area contributed by atoms with Gasteiger partial charge in [0.25, 0.3) is 11.8 Å². The Bertz CT molecular complexity index is 1050. The molecule has 1 fully saturated rings. The number of nitrogens with zero attached hydrogens (tertiary/aromatic N) is 1. The molecule has 26 heavy (non-hydrogen) atoms. The van der Waals surface area contributed by atoms with Crippen molar-refractivity contribution in [2.24, 2.45) is 0 Å². The number of benzene rings is 1. The average Bonchev–Trinajstić information content (AvgIpc) is 3.16.